The molecule has 0 aliphatic carbocycles. The van der Waals surface area contributed by atoms with Crippen LogP contribution in [-0.4, -0.2) is 58.5 Å². The SMILES string of the molecule is CN1CCN(C(=O)/C=C/c2c(-c3ccccc3)nn3ccccc23)CC1. The predicted molar refractivity (Wildman–Crippen MR) is 104 cm³/mol. The first-order valence-corrected chi connectivity index (χ1v) is 8.91. The number of nitrogens with zero attached hydrogens (tertiary/aromatic N) is 4. The molecule has 0 saturated carbocycles. The highest BCUT2D eigenvalue weighted by Crippen LogP contribution is 2.27. The Kier molecular flexibility index (Phi) is 4.54. The number of rotatable bonds is 3. The normalized spacial score (nSPS) is 15.8. The summed E-state index contributed by atoms with van der Waals surface area (Å²) < 4.78 is 1.86. The largest absolute Gasteiger partial charge is 0.337 e. The topological polar surface area (TPSA) is 40.8 Å². The molecular formula is C21H22N4O. The van der Waals surface area contributed by atoms with Gasteiger partial charge in [-0.15, -0.1) is 0 Å². The molecule has 3 aromatic rings. The number of aromatic nitrogens is 2. The molecule has 1 aliphatic rings. The Morgan fingerprint density at radius 3 is 2.50 bits per heavy atom. The fraction of sp³-hybridized carbons (Fsp3) is 0.238. The molecule has 26 heavy (non-hydrogen) atoms. The Balaban J connectivity index is 1.68. The number of hydrogen-bond acceptors (Lipinski definition) is 3. The predicted octanol–water partition coefficient (Wildman–Crippen LogP) is 2.79. The van der Waals surface area contributed by atoms with Gasteiger partial charge in [0.25, 0.3) is 0 Å². The molecular weight excluding hydrogens is 324 g/mol. The van der Waals surface area contributed by atoms with E-state index in [1.54, 1.807) is 6.08 Å². The van der Waals surface area contributed by atoms with Gasteiger partial charge in [-0.25, -0.2) is 4.52 Å². The first-order valence-electron chi connectivity index (χ1n) is 8.91. The van der Waals surface area contributed by atoms with Gasteiger partial charge in [-0.1, -0.05) is 36.4 Å². The number of carbonyl (C=O) groups is 1. The number of fused-ring (bicyclic) bond motifs is 1. The number of pyridine rings is 1. The van der Waals surface area contributed by atoms with E-state index in [-0.39, 0.29) is 5.91 Å². The molecule has 1 aromatic carbocycles. The first kappa shape index (κ1) is 16.5. The maximum atomic E-state index is 12.6. The van der Waals surface area contributed by atoms with E-state index in [2.05, 4.69) is 11.9 Å². The molecule has 0 radical (unpaired) electrons. The lowest BCUT2D eigenvalue weighted by molar-refractivity contribution is -0.127. The van der Waals surface area contributed by atoms with E-state index in [0.29, 0.717) is 0 Å². The van der Waals surface area contributed by atoms with Gasteiger partial charge in [0.1, 0.15) is 5.69 Å². The maximum absolute atomic E-state index is 12.6. The summed E-state index contributed by atoms with van der Waals surface area (Å²) in [4.78, 5) is 16.7. The highest BCUT2D eigenvalue weighted by atomic mass is 16.2. The van der Waals surface area contributed by atoms with Gasteiger partial charge in [-0.05, 0) is 25.3 Å². The van der Waals surface area contributed by atoms with Crippen LogP contribution in [0.25, 0.3) is 22.9 Å². The Morgan fingerprint density at radius 1 is 1.00 bits per heavy atom. The van der Waals surface area contributed by atoms with Gasteiger partial charge in [0.2, 0.25) is 5.91 Å². The zero-order chi connectivity index (χ0) is 17.9. The second-order valence-electron chi connectivity index (χ2n) is 6.62. The number of carbonyl (C=O) groups excluding carboxylic acids is 1. The minimum atomic E-state index is 0.0624. The van der Waals surface area contributed by atoms with Crippen LogP contribution in [0.15, 0.2) is 60.8 Å². The monoisotopic (exact) mass is 346 g/mol. The van der Waals surface area contributed by atoms with E-state index in [1.165, 1.54) is 0 Å². The maximum Gasteiger partial charge on any atom is 0.246 e. The van der Waals surface area contributed by atoms with E-state index in [1.807, 2.05) is 70.2 Å². The summed E-state index contributed by atoms with van der Waals surface area (Å²) in [7, 11) is 2.09. The molecule has 1 saturated heterocycles. The van der Waals surface area contributed by atoms with E-state index < -0.39 is 0 Å². The van der Waals surface area contributed by atoms with Crippen molar-refractivity contribution in [2.24, 2.45) is 0 Å². The van der Waals surface area contributed by atoms with Gasteiger partial charge >= 0.3 is 0 Å². The van der Waals surface area contributed by atoms with Crippen LogP contribution in [0.3, 0.4) is 0 Å². The Morgan fingerprint density at radius 2 is 1.73 bits per heavy atom. The van der Waals surface area contributed by atoms with Crippen LogP contribution < -0.4 is 0 Å². The van der Waals surface area contributed by atoms with Crippen molar-refractivity contribution >= 4 is 17.5 Å². The summed E-state index contributed by atoms with van der Waals surface area (Å²) in [6.45, 7) is 3.40. The quantitative estimate of drug-likeness (QED) is 0.685. The lowest BCUT2D eigenvalue weighted by atomic mass is 10.1. The second kappa shape index (κ2) is 7.14. The van der Waals surface area contributed by atoms with Gasteiger partial charge < -0.3 is 9.80 Å². The fourth-order valence-corrected chi connectivity index (χ4v) is 3.28. The minimum Gasteiger partial charge on any atom is -0.337 e. The smallest absolute Gasteiger partial charge is 0.246 e. The second-order valence-corrected chi connectivity index (χ2v) is 6.62. The molecule has 2 aromatic heterocycles. The van der Waals surface area contributed by atoms with Crippen molar-refractivity contribution in [3.8, 4) is 11.3 Å². The van der Waals surface area contributed by atoms with Gasteiger partial charge in [0.15, 0.2) is 0 Å². The Hall–Kier alpha value is -2.92. The number of benzene rings is 1. The molecule has 132 valence electrons. The standard InChI is InChI=1S/C21H22N4O/c1-23-13-15-24(16-14-23)20(26)11-10-18-19-9-5-6-12-25(19)22-21(18)17-7-3-2-4-8-17/h2-12H,13-16H2,1H3/b11-10+. The van der Waals surface area contributed by atoms with Gasteiger partial charge in [-0.3, -0.25) is 4.79 Å². The highest BCUT2D eigenvalue weighted by molar-refractivity contribution is 5.95. The molecule has 5 nitrogen and oxygen atoms in total. The average molecular weight is 346 g/mol. The van der Waals surface area contributed by atoms with Gasteiger partial charge in [0, 0.05) is 49.6 Å². The van der Waals surface area contributed by atoms with Crippen LogP contribution >= 0.6 is 0 Å². The number of piperazine rings is 1. The number of hydrogen-bond donors (Lipinski definition) is 0. The van der Waals surface area contributed by atoms with Crippen molar-refractivity contribution in [3.63, 3.8) is 0 Å². The fourth-order valence-electron chi connectivity index (χ4n) is 3.28. The first-order chi connectivity index (χ1) is 12.7. The van der Waals surface area contributed by atoms with Crippen LogP contribution in [0, 0.1) is 0 Å². The van der Waals surface area contributed by atoms with Crippen LogP contribution in [0.1, 0.15) is 5.56 Å². The Labute approximate surface area is 153 Å². The van der Waals surface area contributed by atoms with Crippen molar-refractivity contribution in [1.82, 2.24) is 19.4 Å². The van der Waals surface area contributed by atoms with Crippen LogP contribution in [-0.2, 0) is 4.79 Å². The van der Waals surface area contributed by atoms with Crippen molar-refractivity contribution in [1.29, 1.82) is 0 Å². The van der Waals surface area contributed by atoms with E-state index in [4.69, 9.17) is 5.10 Å². The third-order valence-corrected chi connectivity index (χ3v) is 4.83. The molecule has 0 N–H and O–H groups in total. The molecule has 1 aliphatic heterocycles. The summed E-state index contributed by atoms with van der Waals surface area (Å²) in [5, 5.41) is 4.72. The molecule has 3 heterocycles. The molecule has 0 atom stereocenters. The minimum absolute atomic E-state index is 0.0624. The summed E-state index contributed by atoms with van der Waals surface area (Å²) in [6, 6.07) is 16.1. The van der Waals surface area contributed by atoms with Crippen molar-refractivity contribution < 1.29 is 4.79 Å². The summed E-state index contributed by atoms with van der Waals surface area (Å²) >= 11 is 0. The van der Waals surface area contributed by atoms with Crippen molar-refractivity contribution in [3.05, 3.63) is 66.4 Å². The van der Waals surface area contributed by atoms with Gasteiger partial charge in [-0.2, -0.15) is 5.10 Å². The van der Waals surface area contributed by atoms with E-state index in [0.717, 1.165) is 48.5 Å². The lowest BCUT2D eigenvalue weighted by Gasteiger charge is -2.31. The number of amides is 1. The Bertz CT molecular complexity index is 937. The van der Waals surface area contributed by atoms with E-state index in [9.17, 15) is 4.79 Å². The van der Waals surface area contributed by atoms with Crippen LogP contribution in [0.4, 0.5) is 0 Å². The molecule has 1 amide bonds. The molecule has 1 fully saturated rings. The summed E-state index contributed by atoms with van der Waals surface area (Å²) in [5.41, 5.74) is 3.90. The van der Waals surface area contributed by atoms with Gasteiger partial charge in [0.05, 0.1) is 5.52 Å². The zero-order valence-electron chi connectivity index (χ0n) is 14.9. The van der Waals surface area contributed by atoms with Crippen molar-refractivity contribution in [2.45, 2.75) is 0 Å². The van der Waals surface area contributed by atoms with Crippen molar-refractivity contribution in [2.75, 3.05) is 33.2 Å². The van der Waals surface area contributed by atoms with Crippen LogP contribution in [0.2, 0.25) is 0 Å². The third-order valence-electron chi connectivity index (χ3n) is 4.83. The molecule has 0 spiro atoms. The molecule has 0 bridgehead atoms. The van der Waals surface area contributed by atoms with Crippen LogP contribution in [0.5, 0.6) is 0 Å². The average Bonchev–Trinajstić information content (AvgIpc) is 3.06. The summed E-state index contributed by atoms with van der Waals surface area (Å²) in [5.74, 6) is 0.0624. The zero-order valence-corrected chi connectivity index (χ0v) is 14.9. The lowest BCUT2D eigenvalue weighted by Crippen LogP contribution is -2.46. The third kappa shape index (κ3) is 3.26. The highest BCUT2D eigenvalue weighted by Gasteiger charge is 2.18. The molecule has 4 rings (SSSR count). The summed E-state index contributed by atoms with van der Waals surface area (Å²) in [6.07, 6.45) is 5.52. The number of likely N-dealkylation sites (N-methyl/N-ethyl adjacent to an activating group) is 1. The molecule has 0 unspecified atom stereocenters. The molecule has 5 heteroatoms. The van der Waals surface area contributed by atoms with E-state index >= 15 is 0 Å².